The molecule has 2 aromatic carbocycles. The molecule has 0 fully saturated rings. The van der Waals surface area contributed by atoms with E-state index in [1.54, 1.807) is 36.4 Å². The first-order chi connectivity index (χ1) is 10.5. The fourth-order valence-electron chi connectivity index (χ4n) is 1.88. The summed E-state index contributed by atoms with van der Waals surface area (Å²) in [5.41, 5.74) is 1.20. The van der Waals surface area contributed by atoms with Gasteiger partial charge in [0.1, 0.15) is 0 Å². The molecule has 2 aromatic rings. The smallest absolute Gasteiger partial charge is 0.255 e. The van der Waals surface area contributed by atoms with Crippen LogP contribution < -0.4 is 10.6 Å². The second kappa shape index (κ2) is 7.29. The molecule has 0 saturated carbocycles. The highest BCUT2D eigenvalue weighted by Crippen LogP contribution is 2.23. The van der Waals surface area contributed by atoms with E-state index in [4.69, 9.17) is 23.2 Å². The third kappa shape index (κ3) is 3.78. The van der Waals surface area contributed by atoms with E-state index in [9.17, 15) is 9.59 Å². The van der Waals surface area contributed by atoms with Crippen molar-refractivity contribution in [3.05, 3.63) is 63.6 Å². The molecule has 0 spiro atoms. The standard InChI is InChI=1S/C16H14Cl2N2O2/c1-2-19-16(22)11-5-3-4-6-14(11)20-15(21)10-7-8-12(17)13(18)9-10/h3-9H,2H2,1H3,(H,19,22)(H,20,21). The van der Waals surface area contributed by atoms with Gasteiger partial charge in [0.25, 0.3) is 11.8 Å². The van der Waals surface area contributed by atoms with Crippen LogP contribution in [0.1, 0.15) is 27.6 Å². The average molecular weight is 337 g/mol. The van der Waals surface area contributed by atoms with E-state index in [1.807, 2.05) is 6.92 Å². The van der Waals surface area contributed by atoms with E-state index >= 15 is 0 Å². The lowest BCUT2D eigenvalue weighted by atomic mass is 10.1. The van der Waals surface area contributed by atoms with E-state index in [2.05, 4.69) is 10.6 Å². The molecule has 0 saturated heterocycles. The van der Waals surface area contributed by atoms with Gasteiger partial charge in [-0.05, 0) is 37.3 Å². The zero-order valence-electron chi connectivity index (χ0n) is 11.8. The van der Waals surface area contributed by atoms with Crippen LogP contribution >= 0.6 is 23.2 Å². The predicted octanol–water partition coefficient (Wildman–Crippen LogP) is 4.00. The molecule has 0 atom stereocenters. The number of carbonyl (C=O) groups excluding carboxylic acids is 2. The number of nitrogens with one attached hydrogen (secondary N) is 2. The lowest BCUT2D eigenvalue weighted by Crippen LogP contribution is -2.24. The van der Waals surface area contributed by atoms with Crippen LogP contribution in [0.2, 0.25) is 10.0 Å². The van der Waals surface area contributed by atoms with Crippen molar-refractivity contribution >= 4 is 40.7 Å². The van der Waals surface area contributed by atoms with Crippen molar-refractivity contribution in [2.45, 2.75) is 6.92 Å². The number of halogens is 2. The molecule has 0 aliphatic rings. The van der Waals surface area contributed by atoms with Gasteiger partial charge in [-0.25, -0.2) is 0 Å². The SMILES string of the molecule is CCNC(=O)c1ccccc1NC(=O)c1ccc(Cl)c(Cl)c1. The fraction of sp³-hybridized carbons (Fsp3) is 0.125. The molecule has 2 amide bonds. The highest BCUT2D eigenvalue weighted by atomic mass is 35.5. The number of amides is 2. The van der Waals surface area contributed by atoms with Gasteiger partial charge in [0.05, 0.1) is 21.3 Å². The quantitative estimate of drug-likeness (QED) is 0.886. The van der Waals surface area contributed by atoms with Crippen LogP contribution in [-0.4, -0.2) is 18.4 Å². The maximum Gasteiger partial charge on any atom is 0.255 e. The van der Waals surface area contributed by atoms with Crippen LogP contribution in [0.4, 0.5) is 5.69 Å². The summed E-state index contributed by atoms with van der Waals surface area (Å²) in [4.78, 5) is 24.2. The van der Waals surface area contributed by atoms with Gasteiger partial charge in [0.2, 0.25) is 0 Å². The summed E-state index contributed by atoms with van der Waals surface area (Å²) in [7, 11) is 0. The maximum atomic E-state index is 12.3. The molecule has 0 aliphatic carbocycles. The van der Waals surface area contributed by atoms with Crippen molar-refractivity contribution < 1.29 is 9.59 Å². The van der Waals surface area contributed by atoms with E-state index in [0.29, 0.717) is 33.4 Å². The van der Waals surface area contributed by atoms with Crippen molar-refractivity contribution in [3.8, 4) is 0 Å². The largest absolute Gasteiger partial charge is 0.352 e. The fourth-order valence-corrected chi connectivity index (χ4v) is 2.18. The first-order valence-electron chi connectivity index (χ1n) is 6.66. The minimum Gasteiger partial charge on any atom is -0.352 e. The molecule has 4 nitrogen and oxygen atoms in total. The predicted molar refractivity (Wildman–Crippen MR) is 88.9 cm³/mol. The first kappa shape index (κ1) is 16.3. The van der Waals surface area contributed by atoms with Gasteiger partial charge in [0.15, 0.2) is 0 Å². The summed E-state index contributed by atoms with van der Waals surface area (Å²) in [5.74, 6) is -0.608. The Morgan fingerprint density at radius 3 is 2.41 bits per heavy atom. The molecule has 6 heteroatoms. The maximum absolute atomic E-state index is 12.3. The number of rotatable bonds is 4. The van der Waals surface area contributed by atoms with Crippen LogP contribution in [0, 0.1) is 0 Å². The zero-order chi connectivity index (χ0) is 16.1. The Labute approximate surface area is 138 Å². The summed E-state index contributed by atoms with van der Waals surface area (Å²) >= 11 is 11.7. The third-order valence-corrected chi connectivity index (χ3v) is 3.68. The van der Waals surface area contributed by atoms with Crippen LogP contribution in [0.5, 0.6) is 0 Å². The van der Waals surface area contributed by atoms with Crippen LogP contribution in [0.15, 0.2) is 42.5 Å². The molecule has 0 radical (unpaired) electrons. The van der Waals surface area contributed by atoms with Gasteiger partial charge < -0.3 is 10.6 Å². The normalized spacial score (nSPS) is 10.1. The number of anilines is 1. The summed E-state index contributed by atoms with van der Waals surface area (Å²) in [6.07, 6.45) is 0. The number of hydrogen-bond acceptors (Lipinski definition) is 2. The van der Waals surface area contributed by atoms with Crippen molar-refractivity contribution in [1.82, 2.24) is 5.32 Å². The van der Waals surface area contributed by atoms with Gasteiger partial charge in [-0.15, -0.1) is 0 Å². The van der Waals surface area contributed by atoms with Crippen LogP contribution in [0.3, 0.4) is 0 Å². The molecule has 0 bridgehead atoms. The molecule has 0 aromatic heterocycles. The number of benzene rings is 2. The van der Waals surface area contributed by atoms with E-state index in [1.165, 1.54) is 6.07 Å². The van der Waals surface area contributed by atoms with Crippen LogP contribution in [0.25, 0.3) is 0 Å². The molecule has 0 unspecified atom stereocenters. The molecule has 2 N–H and O–H groups in total. The number of hydrogen-bond donors (Lipinski definition) is 2. The minimum absolute atomic E-state index is 0.243. The lowest BCUT2D eigenvalue weighted by Gasteiger charge is -2.11. The van der Waals surface area contributed by atoms with Gasteiger partial charge >= 0.3 is 0 Å². The molecular formula is C16H14Cl2N2O2. The Kier molecular flexibility index (Phi) is 5.41. The monoisotopic (exact) mass is 336 g/mol. The van der Waals surface area contributed by atoms with E-state index in [0.717, 1.165) is 0 Å². The van der Waals surface area contributed by atoms with E-state index < -0.39 is 0 Å². The first-order valence-corrected chi connectivity index (χ1v) is 7.42. The summed E-state index contributed by atoms with van der Waals surface area (Å²) in [6, 6.07) is 11.4. The Hall–Kier alpha value is -2.04. The summed E-state index contributed by atoms with van der Waals surface area (Å²) in [6.45, 7) is 2.34. The molecule has 114 valence electrons. The minimum atomic E-state index is -0.365. The second-order valence-corrected chi connectivity index (χ2v) is 5.30. The third-order valence-electron chi connectivity index (χ3n) is 2.94. The zero-order valence-corrected chi connectivity index (χ0v) is 13.3. The lowest BCUT2D eigenvalue weighted by molar-refractivity contribution is 0.0956. The average Bonchev–Trinajstić information content (AvgIpc) is 2.50. The van der Waals surface area contributed by atoms with Crippen molar-refractivity contribution in [2.75, 3.05) is 11.9 Å². The van der Waals surface area contributed by atoms with Crippen molar-refractivity contribution in [2.24, 2.45) is 0 Å². The Bertz CT molecular complexity index is 717. The molecule has 0 heterocycles. The van der Waals surface area contributed by atoms with Gasteiger partial charge in [-0.3, -0.25) is 9.59 Å². The molecular weight excluding hydrogens is 323 g/mol. The van der Waals surface area contributed by atoms with Crippen LogP contribution in [-0.2, 0) is 0 Å². The number of carbonyl (C=O) groups is 2. The highest BCUT2D eigenvalue weighted by molar-refractivity contribution is 6.42. The van der Waals surface area contributed by atoms with E-state index in [-0.39, 0.29) is 11.8 Å². The van der Waals surface area contributed by atoms with Crippen molar-refractivity contribution in [3.63, 3.8) is 0 Å². The molecule has 0 aliphatic heterocycles. The highest BCUT2D eigenvalue weighted by Gasteiger charge is 2.14. The molecule has 22 heavy (non-hydrogen) atoms. The van der Waals surface area contributed by atoms with Gasteiger partial charge in [-0.2, -0.15) is 0 Å². The Morgan fingerprint density at radius 2 is 1.73 bits per heavy atom. The Morgan fingerprint density at radius 1 is 1.00 bits per heavy atom. The van der Waals surface area contributed by atoms with Crippen molar-refractivity contribution in [1.29, 1.82) is 0 Å². The Balaban J connectivity index is 2.25. The topological polar surface area (TPSA) is 58.2 Å². The van der Waals surface area contributed by atoms with Gasteiger partial charge in [-0.1, -0.05) is 35.3 Å². The van der Waals surface area contributed by atoms with Gasteiger partial charge in [0, 0.05) is 12.1 Å². The second-order valence-electron chi connectivity index (χ2n) is 4.49. The summed E-state index contributed by atoms with van der Waals surface area (Å²) < 4.78 is 0. The number of para-hydroxylation sites is 1. The summed E-state index contributed by atoms with van der Waals surface area (Å²) in [5, 5.41) is 6.09. The molecule has 2 rings (SSSR count).